The van der Waals surface area contributed by atoms with Gasteiger partial charge in [-0.05, 0) is 25.1 Å². The molecule has 1 aromatic carbocycles. The number of aliphatic hydroxyl groups excluding tert-OH is 1. The van der Waals surface area contributed by atoms with E-state index in [9.17, 15) is 14.3 Å². The van der Waals surface area contributed by atoms with Crippen LogP contribution in [0.2, 0.25) is 5.02 Å². The molecule has 4 nitrogen and oxygen atoms in total. The molecule has 0 radical (unpaired) electrons. The van der Waals surface area contributed by atoms with Gasteiger partial charge < -0.3 is 9.84 Å². The van der Waals surface area contributed by atoms with Crippen molar-refractivity contribution in [3.05, 3.63) is 39.5 Å². The largest absolute Gasteiger partial charge is 0.505 e. The van der Waals surface area contributed by atoms with Crippen LogP contribution in [0.3, 0.4) is 0 Å². The number of esters is 1. The van der Waals surface area contributed by atoms with Crippen LogP contribution in [0.5, 0.6) is 0 Å². The van der Waals surface area contributed by atoms with Crippen molar-refractivity contribution < 1.29 is 19.0 Å². The maximum Gasteiger partial charge on any atom is 0.343 e. The Morgan fingerprint density at radius 3 is 2.91 bits per heavy atom. The van der Waals surface area contributed by atoms with E-state index in [4.69, 9.17) is 11.6 Å². The van der Waals surface area contributed by atoms with Crippen molar-refractivity contribution in [2.45, 2.75) is 6.92 Å². The molecule has 0 aliphatic heterocycles. The van der Waals surface area contributed by atoms with Crippen molar-refractivity contribution in [3.8, 4) is 0 Å². The normalized spacial score (nSPS) is 12.7. The standard InChI is InChI=1S/C15H13ClFNO3S/c1-3-18-7-10(15(20)21-2)13(19)14-12(16)9-5-4-8(17)6-11(9)22-14/h4-7,19H,3H2,1-2H3/b13-10+,18-7?. The summed E-state index contributed by atoms with van der Waals surface area (Å²) >= 11 is 7.31. The number of benzene rings is 1. The average Bonchev–Trinajstić information content (AvgIpc) is 2.83. The zero-order valence-corrected chi connectivity index (χ0v) is 13.5. The highest BCUT2D eigenvalue weighted by Crippen LogP contribution is 2.39. The Morgan fingerprint density at radius 1 is 1.55 bits per heavy atom. The van der Waals surface area contributed by atoms with E-state index in [-0.39, 0.29) is 21.2 Å². The SMILES string of the molecule is CCN=C/C(C(=O)OC)=C(\O)c1sc2cc(F)ccc2c1Cl. The fraction of sp³-hybridized carbons (Fsp3) is 0.200. The van der Waals surface area contributed by atoms with Gasteiger partial charge in [0.15, 0.2) is 0 Å². The summed E-state index contributed by atoms with van der Waals surface area (Å²) in [6, 6.07) is 4.13. The molecule has 116 valence electrons. The van der Waals surface area contributed by atoms with Gasteiger partial charge in [0.05, 0.1) is 17.0 Å². The number of hydrogen-bond donors (Lipinski definition) is 1. The van der Waals surface area contributed by atoms with E-state index < -0.39 is 11.8 Å². The highest BCUT2D eigenvalue weighted by molar-refractivity contribution is 7.20. The fourth-order valence-corrected chi connectivity index (χ4v) is 3.32. The summed E-state index contributed by atoms with van der Waals surface area (Å²) in [7, 11) is 1.21. The van der Waals surface area contributed by atoms with Crippen molar-refractivity contribution >= 4 is 51.0 Å². The van der Waals surface area contributed by atoms with Gasteiger partial charge in [0.1, 0.15) is 17.1 Å². The van der Waals surface area contributed by atoms with E-state index in [1.807, 2.05) is 0 Å². The van der Waals surface area contributed by atoms with Crippen molar-refractivity contribution in [1.29, 1.82) is 0 Å². The first-order valence-electron chi connectivity index (χ1n) is 6.38. The number of carbonyl (C=O) groups is 1. The van der Waals surface area contributed by atoms with Crippen molar-refractivity contribution in [2.75, 3.05) is 13.7 Å². The van der Waals surface area contributed by atoms with E-state index in [2.05, 4.69) is 9.73 Å². The Hall–Kier alpha value is -1.92. The molecule has 0 aliphatic rings. The summed E-state index contributed by atoms with van der Waals surface area (Å²) in [5.74, 6) is -1.47. The molecule has 7 heteroatoms. The van der Waals surface area contributed by atoms with Gasteiger partial charge in [-0.25, -0.2) is 9.18 Å². The first-order valence-corrected chi connectivity index (χ1v) is 7.58. The summed E-state index contributed by atoms with van der Waals surface area (Å²) in [5, 5.41) is 11.2. The van der Waals surface area contributed by atoms with E-state index in [0.717, 1.165) is 11.3 Å². The number of aliphatic hydroxyl groups is 1. The molecule has 0 aliphatic carbocycles. The lowest BCUT2D eigenvalue weighted by molar-refractivity contribution is -0.135. The number of aliphatic imine (C=N–C) groups is 1. The van der Waals surface area contributed by atoms with Crippen LogP contribution in [0.25, 0.3) is 15.8 Å². The van der Waals surface area contributed by atoms with E-state index in [0.29, 0.717) is 16.6 Å². The Balaban J connectivity index is 2.65. The molecule has 0 bridgehead atoms. The number of halogens is 2. The van der Waals surface area contributed by atoms with Crippen LogP contribution in [0.15, 0.2) is 28.8 Å². The van der Waals surface area contributed by atoms with Gasteiger partial charge in [0.2, 0.25) is 0 Å². The molecule has 0 amide bonds. The molecule has 0 saturated heterocycles. The summed E-state index contributed by atoms with van der Waals surface area (Å²) in [6.07, 6.45) is 1.24. The molecule has 0 fully saturated rings. The molecule has 2 aromatic rings. The number of methoxy groups -OCH3 is 1. The zero-order valence-electron chi connectivity index (χ0n) is 11.9. The third-order valence-corrected chi connectivity index (χ3v) is 4.53. The lowest BCUT2D eigenvalue weighted by Gasteiger charge is -2.04. The minimum atomic E-state index is -0.727. The van der Waals surface area contributed by atoms with Gasteiger partial charge in [-0.15, -0.1) is 11.3 Å². The maximum absolute atomic E-state index is 13.3. The lowest BCUT2D eigenvalue weighted by atomic mass is 10.2. The van der Waals surface area contributed by atoms with Crippen LogP contribution in [0.4, 0.5) is 4.39 Å². The van der Waals surface area contributed by atoms with Gasteiger partial charge in [-0.3, -0.25) is 4.99 Å². The number of ether oxygens (including phenoxy) is 1. The first-order chi connectivity index (χ1) is 10.5. The Kier molecular flexibility index (Phi) is 5.15. The van der Waals surface area contributed by atoms with Crippen molar-refractivity contribution in [3.63, 3.8) is 0 Å². The van der Waals surface area contributed by atoms with Crippen LogP contribution >= 0.6 is 22.9 Å². The maximum atomic E-state index is 13.3. The molecule has 1 N–H and O–H groups in total. The van der Waals surface area contributed by atoms with E-state index >= 15 is 0 Å². The topological polar surface area (TPSA) is 58.9 Å². The van der Waals surface area contributed by atoms with Crippen LogP contribution in [-0.2, 0) is 9.53 Å². The molecular formula is C15H13ClFNO3S. The fourth-order valence-electron chi connectivity index (χ4n) is 1.82. The minimum Gasteiger partial charge on any atom is -0.505 e. The van der Waals surface area contributed by atoms with Crippen LogP contribution in [0, 0.1) is 5.82 Å². The summed E-state index contributed by atoms with van der Waals surface area (Å²) < 4.78 is 18.5. The molecular weight excluding hydrogens is 329 g/mol. The van der Waals surface area contributed by atoms with Gasteiger partial charge in [0, 0.05) is 22.8 Å². The van der Waals surface area contributed by atoms with E-state index in [1.165, 1.54) is 31.5 Å². The zero-order chi connectivity index (χ0) is 16.3. The molecule has 22 heavy (non-hydrogen) atoms. The van der Waals surface area contributed by atoms with E-state index in [1.54, 1.807) is 6.92 Å². The summed E-state index contributed by atoms with van der Waals surface area (Å²) in [4.78, 5) is 16.0. The minimum absolute atomic E-state index is 0.0988. The summed E-state index contributed by atoms with van der Waals surface area (Å²) in [5.41, 5.74) is -0.0988. The predicted molar refractivity (Wildman–Crippen MR) is 87.4 cm³/mol. The Labute approximate surface area is 135 Å². The summed E-state index contributed by atoms with van der Waals surface area (Å²) in [6.45, 7) is 2.23. The van der Waals surface area contributed by atoms with Gasteiger partial charge in [-0.2, -0.15) is 0 Å². The molecule has 0 unspecified atom stereocenters. The molecule has 2 rings (SSSR count). The molecule has 0 atom stereocenters. The monoisotopic (exact) mass is 341 g/mol. The second kappa shape index (κ2) is 6.89. The number of nitrogens with zero attached hydrogens (tertiary/aromatic N) is 1. The Bertz CT molecular complexity index is 782. The third-order valence-electron chi connectivity index (χ3n) is 2.87. The second-order valence-corrected chi connectivity index (χ2v) is 5.70. The number of fused-ring (bicyclic) bond motifs is 1. The molecule has 0 saturated carbocycles. The number of rotatable bonds is 4. The first kappa shape index (κ1) is 16.5. The number of thiophene rings is 1. The highest BCUT2D eigenvalue weighted by Gasteiger charge is 2.21. The lowest BCUT2D eigenvalue weighted by Crippen LogP contribution is -2.09. The van der Waals surface area contributed by atoms with Gasteiger partial charge in [0.25, 0.3) is 0 Å². The molecule has 0 spiro atoms. The van der Waals surface area contributed by atoms with Gasteiger partial charge >= 0.3 is 5.97 Å². The van der Waals surface area contributed by atoms with Crippen LogP contribution in [0.1, 0.15) is 11.8 Å². The van der Waals surface area contributed by atoms with Crippen molar-refractivity contribution in [2.24, 2.45) is 4.99 Å². The number of hydrogen-bond acceptors (Lipinski definition) is 5. The molecule has 1 heterocycles. The third kappa shape index (κ3) is 3.13. The predicted octanol–water partition coefficient (Wildman–Crippen LogP) is 4.23. The van der Waals surface area contributed by atoms with Crippen molar-refractivity contribution in [1.82, 2.24) is 0 Å². The highest BCUT2D eigenvalue weighted by atomic mass is 35.5. The second-order valence-electron chi connectivity index (χ2n) is 4.27. The molecule has 1 aromatic heterocycles. The Morgan fingerprint density at radius 2 is 2.27 bits per heavy atom. The smallest absolute Gasteiger partial charge is 0.343 e. The quantitative estimate of drug-likeness (QED) is 0.392. The average molecular weight is 342 g/mol. The number of carbonyl (C=O) groups excluding carboxylic acids is 1. The van der Waals surface area contributed by atoms with Crippen LogP contribution < -0.4 is 0 Å². The van der Waals surface area contributed by atoms with Crippen LogP contribution in [-0.4, -0.2) is 30.9 Å². The van der Waals surface area contributed by atoms with Gasteiger partial charge in [-0.1, -0.05) is 11.6 Å².